The summed E-state index contributed by atoms with van der Waals surface area (Å²) in [6, 6.07) is 9.71. The summed E-state index contributed by atoms with van der Waals surface area (Å²) < 4.78 is 6.46. The van der Waals surface area contributed by atoms with Crippen LogP contribution in [0, 0.1) is 9.49 Å². The number of methoxy groups -OCH3 is 1. The maximum Gasteiger partial charge on any atom is 0.310 e. The second-order valence-corrected chi connectivity index (χ2v) is 8.43. The monoisotopic (exact) mass is 441 g/mol. The van der Waals surface area contributed by atoms with E-state index in [0.29, 0.717) is 18.0 Å². The molecular formula is C20H28INO2. The molecule has 2 unspecified atom stereocenters. The Balaban J connectivity index is 1.83. The van der Waals surface area contributed by atoms with Gasteiger partial charge >= 0.3 is 5.97 Å². The zero-order valence-electron chi connectivity index (χ0n) is 14.7. The standard InChI is InChI=1S/C20H28INO2/c1-3-4-5-12-22-16-10-11-18(22)19(20(23)24-2)17(13-16)14-6-8-15(21)9-7-14/h6-9,16-19H,3-5,10-13H2,1-2H3/t16-,17-,18?,19?/m1/s1. The van der Waals surface area contributed by atoms with Crippen molar-refractivity contribution in [2.24, 2.45) is 5.92 Å². The van der Waals surface area contributed by atoms with Gasteiger partial charge in [-0.2, -0.15) is 0 Å². The minimum Gasteiger partial charge on any atom is -0.469 e. The predicted molar refractivity (Wildman–Crippen MR) is 105 cm³/mol. The second kappa shape index (κ2) is 8.17. The molecule has 2 aliphatic heterocycles. The molecule has 0 spiro atoms. The summed E-state index contributed by atoms with van der Waals surface area (Å²) >= 11 is 2.34. The van der Waals surface area contributed by atoms with E-state index in [1.165, 1.54) is 41.9 Å². The largest absolute Gasteiger partial charge is 0.469 e. The molecule has 2 saturated heterocycles. The van der Waals surface area contributed by atoms with Gasteiger partial charge in [0.05, 0.1) is 13.0 Å². The number of hydrogen-bond donors (Lipinski definition) is 0. The summed E-state index contributed by atoms with van der Waals surface area (Å²) in [5, 5.41) is 0. The van der Waals surface area contributed by atoms with Gasteiger partial charge in [0.15, 0.2) is 0 Å². The van der Waals surface area contributed by atoms with Crippen LogP contribution in [0.1, 0.15) is 56.9 Å². The van der Waals surface area contributed by atoms with E-state index in [0.717, 1.165) is 19.4 Å². The third-order valence-electron chi connectivity index (χ3n) is 5.86. The average molecular weight is 441 g/mol. The van der Waals surface area contributed by atoms with Crippen molar-refractivity contribution in [1.82, 2.24) is 4.90 Å². The van der Waals surface area contributed by atoms with Crippen LogP contribution in [0.5, 0.6) is 0 Å². The fraction of sp³-hybridized carbons (Fsp3) is 0.650. The molecule has 3 rings (SSSR count). The van der Waals surface area contributed by atoms with E-state index < -0.39 is 0 Å². The first-order chi connectivity index (χ1) is 11.7. The molecular weight excluding hydrogens is 413 g/mol. The van der Waals surface area contributed by atoms with Gasteiger partial charge in [-0.1, -0.05) is 31.9 Å². The van der Waals surface area contributed by atoms with Crippen molar-refractivity contribution in [1.29, 1.82) is 0 Å². The van der Waals surface area contributed by atoms with E-state index in [1.807, 2.05) is 0 Å². The summed E-state index contributed by atoms with van der Waals surface area (Å²) in [6.07, 6.45) is 7.21. The molecule has 2 aliphatic rings. The van der Waals surface area contributed by atoms with E-state index in [9.17, 15) is 4.79 Å². The molecule has 2 fully saturated rings. The van der Waals surface area contributed by atoms with Gasteiger partial charge in [0, 0.05) is 21.6 Å². The van der Waals surface area contributed by atoms with Crippen LogP contribution in [-0.2, 0) is 9.53 Å². The van der Waals surface area contributed by atoms with Crippen LogP contribution in [0.2, 0.25) is 0 Å². The van der Waals surface area contributed by atoms with Gasteiger partial charge < -0.3 is 4.74 Å². The number of piperidine rings is 1. The number of carbonyl (C=O) groups is 1. The summed E-state index contributed by atoms with van der Waals surface area (Å²) in [4.78, 5) is 15.3. The molecule has 0 saturated carbocycles. The van der Waals surface area contributed by atoms with Crippen molar-refractivity contribution >= 4 is 28.6 Å². The Kier molecular flexibility index (Phi) is 6.19. The summed E-state index contributed by atoms with van der Waals surface area (Å²) in [5.41, 5.74) is 1.30. The van der Waals surface area contributed by atoms with E-state index in [1.54, 1.807) is 0 Å². The van der Waals surface area contributed by atoms with E-state index in [2.05, 4.69) is 58.7 Å². The highest BCUT2D eigenvalue weighted by molar-refractivity contribution is 14.1. The molecule has 2 heterocycles. The van der Waals surface area contributed by atoms with Gasteiger partial charge in [-0.3, -0.25) is 9.69 Å². The van der Waals surface area contributed by atoms with Gasteiger partial charge in [-0.15, -0.1) is 0 Å². The quantitative estimate of drug-likeness (QED) is 0.368. The summed E-state index contributed by atoms with van der Waals surface area (Å²) in [7, 11) is 1.54. The van der Waals surface area contributed by atoms with Crippen molar-refractivity contribution in [3.8, 4) is 0 Å². The van der Waals surface area contributed by atoms with Gasteiger partial charge in [0.2, 0.25) is 0 Å². The smallest absolute Gasteiger partial charge is 0.310 e. The number of esters is 1. The molecule has 4 atom stereocenters. The Morgan fingerprint density at radius 2 is 2.00 bits per heavy atom. The van der Waals surface area contributed by atoms with Gasteiger partial charge in [-0.05, 0) is 72.5 Å². The van der Waals surface area contributed by atoms with Crippen LogP contribution < -0.4 is 0 Å². The third-order valence-corrected chi connectivity index (χ3v) is 6.58. The zero-order chi connectivity index (χ0) is 17.1. The number of fused-ring (bicyclic) bond motifs is 2. The van der Waals surface area contributed by atoms with Gasteiger partial charge in [0.1, 0.15) is 0 Å². The molecule has 0 radical (unpaired) electrons. The number of rotatable bonds is 6. The lowest BCUT2D eigenvalue weighted by Crippen LogP contribution is -2.51. The summed E-state index contributed by atoms with van der Waals surface area (Å²) in [5.74, 6) is 0.259. The van der Waals surface area contributed by atoms with E-state index >= 15 is 0 Å². The fourth-order valence-corrected chi connectivity index (χ4v) is 5.08. The SMILES string of the molecule is CCCCCN1C2CC[C@@H]1C[C@H](c1ccc(I)cc1)C2C(=O)OC. The number of hydrogen-bond acceptors (Lipinski definition) is 3. The van der Waals surface area contributed by atoms with Crippen LogP contribution in [0.15, 0.2) is 24.3 Å². The predicted octanol–water partition coefficient (Wildman–Crippen LogP) is 4.59. The Morgan fingerprint density at radius 3 is 2.67 bits per heavy atom. The topological polar surface area (TPSA) is 29.5 Å². The van der Waals surface area contributed by atoms with Crippen molar-refractivity contribution in [3.63, 3.8) is 0 Å². The number of unbranched alkanes of at least 4 members (excludes halogenated alkanes) is 2. The maximum absolute atomic E-state index is 12.6. The average Bonchev–Trinajstić information content (AvgIpc) is 2.87. The molecule has 0 aromatic heterocycles. The molecule has 0 N–H and O–H groups in total. The van der Waals surface area contributed by atoms with E-state index in [-0.39, 0.29) is 11.9 Å². The second-order valence-electron chi connectivity index (χ2n) is 7.19. The van der Waals surface area contributed by atoms with Crippen LogP contribution in [0.4, 0.5) is 0 Å². The van der Waals surface area contributed by atoms with Crippen molar-refractivity contribution in [3.05, 3.63) is 33.4 Å². The lowest BCUT2D eigenvalue weighted by Gasteiger charge is -2.43. The number of carbonyl (C=O) groups excluding carboxylic acids is 1. The van der Waals surface area contributed by atoms with Gasteiger partial charge in [0.25, 0.3) is 0 Å². The number of nitrogens with zero attached hydrogens (tertiary/aromatic N) is 1. The van der Waals surface area contributed by atoms with Crippen molar-refractivity contribution in [2.45, 2.75) is 63.5 Å². The minimum absolute atomic E-state index is 0.0181. The van der Waals surface area contributed by atoms with E-state index in [4.69, 9.17) is 4.74 Å². The fourth-order valence-electron chi connectivity index (χ4n) is 4.72. The molecule has 3 nitrogen and oxygen atoms in total. The van der Waals surface area contributed by atoms with Crippen LogP contribution in [0.3, 0.4) is 0 Å². The third kappa shape index (κ3) is 3.64. The Morgan fingerprint density at radius 1 is 1.25 bits per heavy atom. The molecule has 24 heavy (non-hydrogen) atoms. The van der Waals surface area contributed by atoms with Crippen molar-refractivity contribution < 1.29 is 9.53 Å². The molecule has 1 aromatic rings. The zero-order valence-corrected chi connectivity index (χ0v) is 16.9. The Bertz CT molecular complexity index is 559. The lowest BCUT2D eigenvalue weighted by molar-refractivity contribution is -0.150. The molecule has 132 valence electrons. The lowest BCUT2D eigenvalue weighted by atomic mass is 9.76. The summed E-state index contributed by atoms with van der Waals surface area (Å²) in [6.45, 7) is 3.38. The van der Waals surface area contributed by atoms with Crippen molar-refractivity contribution in [2.75, 3.05) is 13.7 Å². The Hall–Kier alpha value is -0.620. The first-order valence-electron chi connectivity index (χ1n) is 9.24. The Labute approximate surface area is 159 Å². The molecule has 4 heteroatoms. The molecule has 1 aromatic carbocycles. The first-order valence-corrected chi connectivity index (χ1v) is 10.3. The highest BCUT2D eigenvalue weighted by Gasteiger charge is 2.50. The number of halogens is 1. The highest BCUT2D eigenvalue weighted by Crippen LogP contribution is 2.47. The normalized spacial score (nSPS) is 29.6. The highest BCUT2D eigenvalue weighted by atomic mass is 127. The molecule has 0 aliphatic carbocycles. The number of ether oxygens (including phenoxy) is 1. The molecule has 2 bridgehead atoms. The minimum atomic E-state index is -0.0237. The number of benzene rings is 1. The van der Waals surface area contributed by atoms with Gasteiger partial charge in [-0.25, -0.2) is 0 Å². The van der Waals surface area contributed by atoms with Crippen LogP contribution in [-0.4, -0.2) is 36.6 Å². The first kappa shape index (κ1) is 18.2. The molecule has 0 amide bonds. The van der Waals surface area contributed by atoms with Crippen LogP contribution in [0.25, 0.3) is 0 Å². The maximum atomic E-state index is 12.6. The van der Waals surface area contributed by atoms with Crippen LogP contribution >= 0.6 is 22.6 Å².